The van der Waals surface area contributed by atoms with E-state index >= 15 is 0 Å². The van der Waals surface area contributed by atoms with Gasteiger partial charge in [-0.25, -0.2) is 8.42 Å². The van der Waals surface area contributed by atoms with Crippen molar-refractivity contribution in [2.45, 2.75) is 58.6 Å². The maximum atomic E-state index is 11.9. The Balaban J connectivity index is 3.82. The second kappa shape index (κ2) is 8.92. The lowest BCUT2D eigenvalue weighted by Gasteiger charge is -2.14. The number of hydrogen-bond donors (Lipinski definition) is 1. The molecule has 17 heavy (non-hydrogen) atoms. The second-order valence-corrected chi connectivity index (χ2v) is 7.81. The van der Waals surface area contributed by atoms with Crippen molar-refractivity contribution in [2.24, 2.45) is 5.92 Å². The standard InChI is InChI=1S/C13H29NO2S/c1-5-6-7-10-17(15,16)13(4)11-14-9-8-12(2)3/h12-14H,5-11H2,1-4H3. The van der Waals surface area contributed by atoms with Gasteiger partial charge in [-0.3, -0.25) is 0 Å². The highest BCUT2D eigenvalue weighted by Gasteiger charge is 2.19. The normalized spacial score (nSPS) is 14.2. The molecular weight excluding hydrogens is 234 g/mol. The summed E-state index contributed by atoms with van der Waals surface area (Å²) in [7, 11) is -2.90. The summed E-state index contributed by atoms with van der Waals surface area (Å²) < 4.78 is 23.8. The lowest BCUT2D eigenvalue weighted by atomic mass is 10.1. The van der Waals surface area contributed by atoms with E-state index in [-0.39, 0.29) is 5.25 Å². The molecule has 0 heterocycles. The Morgan fingerprint density at radius 1 is 1.12 bits per heavy atom. The minimum Gasteiger partial charge on any atom is -0.315 e. The maximum Gasteiger partial charge on any atom is 0.154 e. The van der Waals surface area contributed by atoms with Crippen molar-refractivity contribution in [1.82, 2.24) is 5.32 Å². The topological polar surface area (TPSA) is 46.2 Å². The molecule has 104 valence electrons. The Bertz CT molecular complexity index is 273. The first-order valence-corrected chi connectivity index (χ1v) is 8.54. The molecule has 0 aromatic rings. The Hall–Kier alpha value is -0.0900. The van der Waals surface area contributed by atoms with E-state index in [4.69, 9.17) is 0 Å². The van der Waals surface area contributed by atoms with E-state index in [1.54, 1.807) is 0 Å². The molecule has 0 saturated heterocycles. The Labute approximate surface area is 107 Å². The van der Waals surface area contributed by atoms with E-state index in [1.807, 2.05) is 6.92 Å². The molecule has 0 spiro atoms. The summed E-state index contributed by atoms with van der Waals surface area (Å²) in [5.41, 5.74) is 0. The van der Waals surface area contributed by atoms with Gasteiger partial charge in [0.05, 0.1) is 11.0 Å². The summed E-state index contributed by atoms with van der Waals surface area (Å²) in [4.78, 5) is 0. The van der Waals surface area contributed by atoms with Crippen LogP contribution in [0.4, 0.5) is 0 Å². The fourth-order valence-electron chi connectivity index (χ4n) is 1.58. The number of rotatable bonds is 10. The van der Waals surface area contributed by atoms with Gasteiger partial charge >= 0.3 is 0 Å². The molecule has 0 saturated carbocycles. The molecule has 1 N–H and O–H groups in total. The molecule has 4 heteroatoms. The van der Waals surface area contributed by atoms with Crippen molar-refractivity contribution in [3.63, 3.8) is 0 Å². The Morgan fingerprint density at radius 3 is 2.29 bits per heavy atom. The van der Waals surface area contributed by atoms with E-state index in [0.29, 0.717) is 18.2 Å². The number of sulfone groups is 1. The first-order valence-electron chi connectivity index (χ1n) is 6.82. The third-order valence-corrected chi connectivity index (χ3v) is 5.23. The van der Waals surface area contributed by atoms with E-state index in [1.165, 1.54) is 0 Å². The molecule has 0 aliphatic rings. The fraction of sp³-hybridized carbons (Fsp3) is 1.00. The predicted octanol–water partition coefficient (Wildman–Crippen LogP) is 2.62. The van der Waals surface area contributed by atoms with E-state index in [0.717, 1.165) is 32.2 Å². The lowest BCUT2D eigenvalue weighted by Crippen LogP contribution is -2.33. The summed E-state index contributed by atoms with van der Waals surface area (Å²) in [6.07, 6.45) is 3.97. The van der Waals surface area contributed by atoms with Gasteiger partial charge in [0.15, 0.2) is 9.84 Å². The van der Waals surface area contributed by atoms with Gasteiger partial charge < -0.3 is 5.32 Å². The highest BCUT2D eigenvalue weighted by atomic mass is 32.2. The molecule has 1 unspecified atom stereocenters. The van der Waals surface area contributed by atoms with E-state index < -0.39 is 9.84 Å². The van der Waals surface area contributed by atoms with Crippen LogP contribution in [0.25, 0.3) is 0 Å². The van der Waals surface area contributed by atoms with Crippen molar-refractivity contribution < 1.29 is 8.42 Å². The zero-order valence-corrected chi connectivity index (χ0v) is 12.6. The van der Waals surface area contributed by atoms with Crippen LogP contribution in [0, 0.1) is 5.92 Å². The fourth-order valence-corrected chi connectivity index (χ4v) is 2.96. The van der Waals surface area contributed by atoms with Crippen LogP contribution in [-0.4, -0.2) is 32.5 Å². The number of hydrogen-bond acceptors (Lipinski definition) is 3. The van der Waals surface area contributed by atoms with Gasteiger partial charge in [-0.05, 0) is 32.2 Å². The summed E-state index contributed by atoms with van der Waals surface area (Å²) in [5, 5.41) is 2.98. The summed E-state index contributed by atoms with van der Waals surface area (Å²) in [5.74, 6) is 1.01. The van der Waals surface area contributed by atoms with Crippen molar-refractivity contribution in [3.8, 4) is 0 Å². The third-order valence-electron chi connectivity index (χ3n) is 2.98. The van der Waals surface area contributed by atoms with Crippen LogP contribution in [-0.2, 0) is 9.84 Å². The first kappa shape index (κ1) is 16.9. The number of nitrogens with one attached hydrogen (secondary N) is 1. The molecule has 0 bridgehead atoms. The van der Waals surface area contributed by atoms with Crippen LogP contribution in [0.3, 0.4) is 0 Å². The minimum absolute atomic E-state index is 0.258. The third kappa shape index (κ3) is 8.61. The molecule has 0 amide bonds. The maximum absolute atomic E-state index is 11.9. The Kier molecular flexibility index (Phi) is 8.88. The van der Waals surface area contributed by atoms with Crippen LogP contribution in [0.15, 0.2) is 0 Å². The smallest absolute Gasteiger partial charge is 0.154 e. The van der Waals surface area contributed by atoms with Crippen LogP contribution < -0.4 is 5.32 Å². The van der Waals surface area contributed by atoms with Crippen molar-refractivity contribution >= 4 is 9.84 Å². The SMILES string of the molecule is CCCCCS(=O)(=O)C(C)CNCCC(C)C. The molecular formula is C13H29NO2S. The first-order chi connectivity index (χ1) is 7.90. The molecule has 0 radical (unpaired) electrons. The molecule has 0 aliphatic carbocycles. The molecule has 0 aromatic carbocycles. The lowest BCUT2D eigenvalue weighted by molar-refractivity contribution is 0.528. The zero-order chi connectivity index (χ0) is 13.3. The molecule has 0 aliphatic heterocycles. The van der Waals surface area contributed by atoms with Crippen molar-refractivity contribution in [1.29, 1.82) is 0 Å². The molecule has 0 fully saturated rings. The van der Waals surface area contributed by atoms with Gasteiger partial charge in [0.2, 0.25) is 0 Å². The molecule has 0 rings (SSSR count). The van der Waals surface area contributed by atoms with Crippen LogP contribution in [0.1, 0.15) is 53.4 Å². The predicted molar refractivity (Wildman–Crippen MR) is 75.1 cm³/mol. The Morgan fingerprint density at radius 2 is 1.76 bits per heavy atom. The van der Waals surface area contributed by atoms with Gasteiger partial charge in [0.1, 0.15) is 0 Å². The molecule has 0 aromatic heterocycles. The van der Waals surface area contributed by atoms with E-state index in [9.17, 15) is 8.42 Å². The van der Waals surface area contributed by atoms with Crippen LogP contribution >= 0.6 is 0 Å². The zero-order valence-electron chi connectivity index (χ0n) is 11.8. The van der Waals surface area contributed by atoms with Gasteiger partial charge in [0.25, 0.3) is 0 Å². The summed E-state index contributed by atoms with van der Waals surface area (Å²) in [6, 6.07) is 0. The van der Waals surface area contributed by atoms with Gasteiger partial charge in [0, 0.05) is 6.54 Å². The molecule has 3 nitrogen and oxygen atoms in total. The average molecular weight is 263 g/mol. The highest BCUT2D eigenvalue weighted by molar-refractivity contribution is 7.92. The summed E-state index contributed by atoms with van der Waals surface area (Å²) >= 11 is 0. The van der Waals surface area contributed by atoms with Crippen LogP contribution in [0.2, 0.25) is 0 Å². The van der Waals surface area contributed by atoms with E-state index in [2.05, 4.69) is 26.1 Å². The highest BCUT2D eigenvalue weighted by Crippen LogP contribution is 2.06. The van der Waals surface area contributed by atoms with Gasteiger partial charge in [-0.2, -0.15) is 0 Å². The monoisotopic (exact) mass is 263 g/mol. The van der Waals surface area contributed by atoms with Crippen molar-refractivity contribution in [2.75, 3.05) is 18.8 Å². The average Bonchev–Trinajstić information content (AvgIpc) is 2.24. The number of unbranched alkanes of at least 4 members (excludes halogenated alkanes) is 2. The minimum atomic E-state index is -2.90. The molecule has 1 atom stereocenters. The van der Waals surface area contributed by atoms with Gasteiger partial charge in [-0.15, -0.1) is 0 Å². The quantitative estimate of drug-likeness (QED) is 0.616. The second-order valence-electron chi connectivity index (χ2n) is 5.27. The largest absolute Gasteiger partial charge is 0.315 e. The summed E-state index contributed by atoms with van der Waals surface area (Å²) in [6.45, 7) is 9.74. The van der Waals surface area contributed by atoms with Crippen LogP contribution in [0.5, 0.6) is 0 Å². The van der Waals surface area contributed by atoms with Crippen molar-refractivity contribution in [3.05, 3.63) is 0 Å². The van der Waals surface area contributed by atoms with Gasteiger partial charge in [-0.1, -0.05) is 33.6 Å².